The number of ketones is 1. The average Bonchev–Trinajstić information content (AvgIpc) is 2.18. The molecule has 0 aliphatic rings. The van der Waals surface area contributed by atoms with E-state index in [0.29, 0.717) is 0 Å². The molecule has 1 aromatic rings. The largest absolute Gasteiger partial charge is 0.373 e. The molecule has 0 aliphatic carbocycles. The van der Waals surface area contributed by atoms with Crippen molar-refractivity contribution in [1.82, 2.24) is 4.98 Å². The molecule has 0 aliphatic heterocycles. The molecule has 1 rings (SSSR count). The molecule has 1 atom stereocenters. The molecule has 82 valence electrons. The number of hydrogen-bond acceptors (Lipinski definition) is 3. The van der Waals surface area contributed by atoms with Gasteiger partial charge < -0.3 is 4.74 Å². The van der Waals surface area contributed by atoms with E-state index in [9.17, 15) is 9.18 Å². The first-order valence-corrected chi connectivity index (χ1v) is 4.74. The second-order valence-corrected chi connectivity index (χ2v) is 3.62. The average molecular weight is 211 g/mol. The summed E-state index contributed by atoms with van der Waals surface area (Å²) in [5, 5.41) is 0. The molecule has 4 heteroatoms. The summed E-state index contributed by atoms with van der Waals surface area (Å²) in [7, 11) is 1.45. The molecule has 0 saturated carbocycles. The maximum absolute atomic E-state index is 13.3. The summed E-state index contributed by atoms with van der Waals surface area (Å²) in [6.07, 6.45) is 1.81. The molecular formula is C11H14FNO2. The Morgan fingerprint density at radius 2 is 2.20 bits per heavy atom. The zero-order chi connectivity index (χ0) is 11.4. The normalized spacial score (nSPS) is 12.9. The number of Topliss-reactive ketones (excluding diaryl/α,β-unsaturated/α-hetero) is 1. The Balaban J connectivity index is 2.98. The van der Waals surface area contributed by atoms with Crippen LogP contribution in [-0.2, 0) is 4.74 Å². The number of hydrogen-bond donors (Lipinski definition) is 0. The molecule has 0 spiro atoms. The molecule has 0 amide bonds. The monoisotopic (exact) mass is 211 g/mol. The Hall–Kier alpha value is -1.29. The van der Waals surface area contributed by atoms with E-state index in [1.807, 2.05) is 13.8 Å². The molecule has 3 nitrogen and oxygen atoms in total. The fourth-order valence-electron chi connectivity index (χ4n) is 1.41. The van der Waals surface area contributed by atoms with Crippen LogP contribution in [-0.4, -0.2) is 24.0 Å². The van der Waals surface area contributed by atoms with Gasteiger partial charge in [0.25, 0.3) is 0 Å². The fraction of sp³-hybridized carbons (Fsp3) is 0.455. The van der Waals surface area contributed by atoms with Crippen molar-refractivity contribution in [2.45, 2.75) is 20.0 Å². The molecule has 0 radical (unpaired) electrons. The Kier molecular flexibility index (Phi) is 3.91. The van der Waals surface area contributed by atoms with E-state index < -0.39 is 11.9 Å². The maximum atomic E-state index is 13.3. The lowest BCUT2D eigenvalue weighted by molar-refractivity contribution is 0.0454. The van der Waals surface area contributed by atoms with Crippen LogP contribution in [0.2, 0.25) is 0 Å². The minimum atomic E-state index is -0.609. The Morgan fingerprint density at radius 1 is 1.53 bits per heavy atom. The second-order valence-electron chi connectivity index (χ2n) is 3.62. The van der Waals surface area contributed by atoms with E-state index in [4.69, 9.17) is 4.74 Å². The summed E-state index contributed by atoms with van der Waals surface area (Å²) in [4.78, 5) is 15.4. The van der Waals surface area contributed by atoms with Crippen LogP contribution in [0.5, 0.6) is 0 Å². The van der Waals surface area contributed by atoms with Crippen LogP contribution in [0.25, 0.3) is 0 Å². The van der Waals surface area contributed by atoms with Crippen molar-refractivity contribution in [2.24, 2.45) is 5.92 Å². The minimum absolute atomic E-state index is 0.00932. The van der Waals surface area contributed by atoms with Gasteiger partial charge >= 0.3 is 0 Å². The van der Waals surface area contributed by atoms with Crippen LogP contribution in [0, 0.1) is 11.7 Å². The highest BCUT2D eigenvalue weighted by Crippen LogP contribution is 2.15. The second kappa shape index (κ2) is 4.98. The predicted octanol–water partition coefficient (Wildman–Crippen LogP) is 2.07. The third-order valence-electron chi connectivity index (χ3n) is 2.16. The van der Waals surface area contributed by atoms with Gasteiger partial charge in [-0.1, -0.05) is 13.8 Å². The standard InChI is InChI=1S/C11H14FNO2/c1-7(2)11(15-3)10(14)8-4-5-13-6-9(8)12/h4-7,11H,1-3H3. The van der Waals surface area contributed by atoms with Crippen LogP contribution >= 0.6 is 0 Å². The number of rotatable bonds is 4. The summed E-state index contributed by atoms with van der Waals surface area (Å²) >= 11 is 0. The summed E-state index contributed by atoms with van der Waals surface area (Å²) in [6, 6.07) is 1.37. The number of halogens is 1. The van der Waals surface area contributed by atoms with Gasteiger partial charge in [0.1, 0.15) is 6.10 Å². The third kappa shape index (κ3) is 2.59. The van der Waals surface area contributed by atoms with Gasteiger partial charge in [0.15, 0.2) is 11.6 Å². The van der Waals surface area contributed by atoms with Gasteiger partial charge in [0, 0.05) is 13.3 Å². The first-order chi connectivity index (χ1) is 7.07. The molecule has 0 bridgehead atoms. The maximum Gasteiger partial charge on any atom is 0.194 e. The molecule has 0 aromatic carbocycles. The number of ether oxygens (including phenoxy) is 1. The van der Waals surface area contributed by atoms with Crippen molar-refractivity contribution in [3.63, 3.8) is 0 Å². The molecule has 0 saturated heterocycles. The van der Waals surface area contributed by atoms with Crippen molar-refractivity contribution in [2.75, 3.05) is 7.11 Å². The van der Waals surface area contributed by atoms with Gasteiger partial charge in [-0.25, -0.2) is 4.39 Å². The molecule has 0 fully saturated rings. The summed E-state index contributed by atoms with van der Waals surface area (Å²) in [6.45, 7) is 3.70. The number of carbonyl (C=O) groups is 1. The zero-order valence-corrected chi connectivity index (χ0v) is 9.03. The van der Waals surface area contributed by atoms with E-state index in [2.05, 4.69) is 4.98 Å². The van der Waals surface area contributed by atoms with Crippen molar-refractivity contribution in [3.05, 3.63) is 29.8 Å². The van der Waals surface area contributed by atoms with Crippen molar-refractivity contribution in [1.29, 1.82) is 0 Å². The summed E-state index contributed by atoms with van der Waals surface area (Å²) < 4.78 is 18.3. The molecule has 0 N–H and O–H groups in total. The fourth-order valence-corrected chi connectivity index (χ4v) is 1.41. The highest BCUT2D eigenvalue weighted by atomic mass is 19.1. The predicted molar refractivity (Wildman–Crippen MR) is 54.2 cm³/mol. The molecule has 1 aromatic heterocycles. The van der Waals surface area contributed by atoms with E-state index in [1.165, 1.54) is 19.4 Å². The van der Waals surface area contributed by atoms with E-state index in [-0.39, 0.29) is 17.3 Å². The topological polar surface area (TPSA) is 39.2 Å². The molecule has 15 heavy (non-hydrogen) atoms. The number of aromatic nitrogens is 1. The first kappa shape index (κ1) is 11.8. The molecule has 1 unspecified atom stereocenters. The van der Waals surface area contributed by atoms with Crippen molar-refractivity contribution < 1.29 is 13.9 Å². The third-order valence-corrected chi connectivity index (χ3v) is 2.16. The first-order valence-electron chi connectivity index (χ1n) is 4.74. The lowest BCUT2D eigenvalue weighted by atomic mass is 9.98. The van der Waals surface area contributed by atoms with Gasteiger partial charge in [-0.15, -0.1) is 0 Å². The number of pyridine rings is 1. The summed E-state index contributed by atoms with van der Waals surface area (Å²) in [5.41, 5.74) is 0.0329. The quantitative estimate of drug-likeness (QED) is 0.716. The Morgan fingerprint density at radius 3 is 2.67 bits per heavy atom. The van der Waals surface area contributed by atoms with E-state index in [1.54, 1.807) is 0 Å². The highest BCUT2D eigenvalue weighted by Gasteiger charge is 2.25. The zero-order valence-electron chi connectivity index (χ0n) is 9.03. The van der Waals surface area contributed by atoms with Gasteiger partial charge in [-0.3, -0.25) is 9.78 Å². The minimum Gasteiger partial charge on any atom is -0.373 e. The van der Waals surface area contributed by atoms with E-state index >= 15 is 0 Å². The van der Waals surface area contributed by atoms with Gasteiger partial charge in [0.05, 0.1) is 11.8 Å². The van der Waals surface area contributed by atoms with E-state index in [0.717, 1.165) is 6.20 Å². The smallest absolute Gasteiger partial charge is 0.194 e. The SMILES string of the molecule is COC(C(=O)c1ccncc1F)C(C)C. The van der Waals surface area contributed by atoms with Crippen LogP contribution in [0.4, 0.5) is 4.39 Å². The lowest BCUT2D eigenvalue weighted by Gasteiger charge is -2.17. The van der Waals surface area contributed by atoms with Crippen LogP contribution < -0.4 is 0 Å². The Labute approximate surface area is 88.3 Å². The number of methoxy groups -OCH3 is 1. The summed E-state index contributed by atoms with van der Waals surface area (Å²) in [5.74, 6) is -0.937. The molecular weight excluding hydrogens is 197 g/mol. The van der Waals surface area contributed by atoms with Crippen LogP contribution in [0.15, 0.2) is 18.5 Å². The molecule has 1 heterocycles. The van der Waals surface area contributed by atoms with Gasteiger partial charge in [-0.2, -0.15) is 0 Å². The van der Waals surface area contributed by atoms with Crippen LogP contribution in [0.1, 0.15) is 24.2 Å². The highest BCUT2D eigenvalue weighted by molar-refractivity contribution is 5.99. The van der Waals surface area contributed by atoms with Gasteiger partial charge in [0.2, 0.25) is 0 Å². The lowest BCUT2D eigenvalue weighted by Crippen LogP contribution is -2.29. The van der Waals surface area contributed by atoms with Gasteiger partial charge in [-0.05, 0) is 12.0 Å². The number of carbonyl (C=O) groups excluding carboxylic acids is 1. The Bertz CT molecular complexity index is 352. The van der Waals surface area contributed by atoms with Crippen LogP contribution in [0.3, 0.4) is 0 Å². The number of nitrogens with zero attached hydrogens (tertiary/aromatic N) is 1. The van der Waals surface area contributed by atoms with Crippen molar-refractivity contribution in [3.8, 4) is 0 Å². The van der Waals surface area contributed by atoms with Crippen molar-refractivity contribution >= 4 is 5.78 Å².